The number of rotatable bonds is 5. The zero-order chi connectivity index (χ0) is 13.7. The summed E-state index contributed by atoms with van der Waals surface area (Å²) in [5.41, 5.74) is 3.66. The van der Waals surface area contributed by atoms with Gasteiger partial charge in [-0.25, -0.2) is 0 Å². The molecular formula is C16H17Cl2N. The van der Waals surface area contributed by atoms with Gasteiger partial charge in [0.15, 0.2) is 0 Å². The van der Waals surface area contributed by atoms with Crippen LogP contribution in [0.1, 0.15) is 23.6 Å². The van der Waals surface area contributed by atoms with Gasteiger partial charge in [-0.15, -0.1) is 0 Å². The first-order valence-electron chi connectivity index (χ1n) is 6.42. The molecule has 19 heavy (non-hydrogen) atoms. The predicted octanol–water partition coefficient (Wildman–Crippen LogP) is 4.85. The number of halogens is 2. The van der Waals surface area contributed by atoms with Crippen LogP contribution in [0.25, 0.3) is 0 Å². The standard InChI is InChI=1S/C16H17Cl2N/c1-2-12-6-3-4-7-13(12)10-19-11-14-15(17)8-5-9-16(14)18/h3-9,19H,2,10-11H2,1H3. The van der Waals surface area contributed by atoms with Crippen LogP contribution < -0.4 is 5.32 Å². The summed E-state index contributed by atoms with van der Waals surface area (Å²) < 4.78 is 0. The predicted molar refractivity (Wildman–Crippen MR) is 82.8 cm³/mol. The molecule has 0 aliphatic rings. The van der Waals surface area contributed by atoms with Gasteiger partial charge in [-0.2, -0.15) is 0 Å². The highest BCUT2D eigenvalue weighted by Gasteiger charge is 2.05. The van der Waals surface area contributed by atoms with Gasteiger partial charge in [0.1, 0.15) is 0 Å². The van der Waals surface area contributed by atoms with Crippen molar-refractivity contribution >= 4 is 23.2 Å². The van der Waals surface area contributed by atoms with Crippen molar-refractivity contribution in [3.05, 3.63) is 69.2 Å². The van der Waals surface area contributed by atoms with Crippen molar-refractivity contribution in [3.63, 3.8) is 0 Å². The van der Waals surface area contributed by atoms with Crippen molar-refractivity contribution < 1.29 is 0 Å². The summed E-state index contributed by atoms with van der Waals surface area (Å²) in [5.74, 6) is 0. The van der Waals surface area contributed by atoms with E-state index < -0.39 is 0 Å². The lowest BCUT2D eigenvalue weighted by Gasteiger charge is -2.11. The molecule has 0 saturated carbocycles. The van der Waals surface area contributed by atoms with E-state index in [2.05, 4.69) is 36.5 Å². The molecule has 0 heterocycles. The molecule has 2 aromatic carbocycles. The molecule has 1 nitrogen and oxygen atoms in total. The van der Waals surface area contributed by atoms with Crippen molar-refractivity contribution in [2.75, 3.05) is 0 Å². The Balaban J connectivity index is 2.00. The molecule has 0 atom stereocenters. The molecule has 0 saturated heterocycles. The van der Waals surface area contributed by atoms with Gasteiger partial charge < -0.3 is 5.32 Å². The second-order valence-corrected chi connectivity index (χ2v) is 5.24. The van der Waals surface area contributed by atoms with Crippen LogP contribution in [-0.2, 0) is 19.5 Å². The maximum absolute atomic E-state index is 6.15. The number of nitrogens with one attached hydrogen (secondary N) is 1. The van der Waals surface area contributed by atoms with Crippen molar-refractivity contribution in [1.82, 2.24) is 5.32 Å². The molecule has 0 aromatic heterocycles. The van der Waals surface area contributed by atoms with Crippen molar-refractivity contribution in [1.29, 1.82) is 0 Å². The van der Waals surface area contributed by atoms with Gasteiger partial charge in [-0.1, -0.05) is 60.5 Å². The molecule has 0 spiro atoms. The Labute approximate surface area is 124 Å². The fourth-order valence-electron chi connectivity index (χ4n) is 2.10. The molecule has 0 amide bonds. The van der Waals surface area contributed by atoms with Crippen LogP contribution in [0.4, 0.5) is 0 Å². The molecule has 0 fully saturated rings. The second-order valence-electron chi connectivity index (χ2n) is 4.43. The van der Waals surface area contributed by atoms with Crippen molar-refractivity contribution in [2.45, 2.75) is 26.4 Å². The van der Waals surface area contributed by atoms with E-state index in [1.165, 1.54) is 11.1 Å². The fourth-order valence-corrected chi connectivity index (χ4v) is 2.63. The van der Waals surface area contributed by atoms with Crippen LogP contribution in [0.2, 0.25) is 10.0 Å². The first-order chi connectivity index (χ1) is 9.22. The monoisotopic (exact) mass is 293 g/mol. The first-order valence-corrected chi connectivity index (χ1v) is 7.18. The van der Waals surface area contributed by atoms with Crippen LogP contribution in [-0.4, -0.2) is 0 Å². The van der Waals surface area contributed by atoms with E-state index in [1.54, 1.807) is 0 Å². The minimum absolute atomic E-state index is 0.677. The van der Waals surface area contributed by atoms with E-state index >= 15 is 0 Å². The smallest absolute Gasteiger partial charge is 0.0465 e. The number of hydrogen-bond donors (Lipinski definition) is 1. The molecule has 2 rings (SSSR count). The van der Waals surface area contributed by atoms with Gasteiger partial charge in [-0.05, 0) is 29.7 Å². The minimum Gasteiger partial charge on any atom is -0.308 e. The van der Waals surface area contributed by atoms with E-state index in [4.69, 9.17) is 23.2 Å². The van der Waals surface area contributed by atoms with E-state index in [1.807, 2.05) is 18.2 Å². The average Bonchev–Trinajstić information content (AvgIpc) is 2.42. The van der Waals surface area contributed by atoms with Gasteiger partial charge in [0, 0.05) is 28.7 Å². The van der Waals surface area contributed by atoms with Gasteiger partial charge in [0.05, 0.1) is 0 Å². The summed E-state index contributed by atoms with van der Waals surface area (Å²) in [6.45, 7) is 3.67. The summed E-state index contributed by atoms with van der Waals surface area (Å²) in [6, 6.07) is 14.1. The number of hydrogen-bond acceptors (Lipinski definition) is 1. The Morgan fingerprint density at radius 1 is 0.842 bits per heavy atom. The normalized spacial score (nSPS) is 10.7. The van der Waals surface area contributed by atoms with Gasteiger partial charge in [0.2, 0.25) is 0 Å². The fraction of sp³-hybridized carbons (Fsp3) is 0.250. The third-order valence-electron chi connectivity index (χ3n) is 3.18. The van der Waals surface area contributed by atoms with Crippen LogP contribution in [0, 0.1) is 0 Å². The van der Waals surface area contributed by atoms with E-state index in [9.17, 15) is 0 Å². The zero-order valence-corrected chi connectivity index (χ0v) is 12.4. The van der Waals surface area contributed by atoms with E-state index in [0.717, 1.165) is 18.5 Å². The number of benzene rings is 2. The Morgan fingerprint density at radius 3 is 2.11 bits per heavy atom. The third-order valence-corrected chi connectivity index (χ3v) is 3.89. The maximum atomic E-state index is 6.15. The Hall–Kier alpha value is -1.02. The molecule has 0 aliphatic heterocycles. The SMILES string of the molecule is CCc1ccccc1CNCc1c(Cl)cccc1Cl. The van der Waals surface area contributed by atoms with E-state index in [-0.39, 0.29) is 0 Å². The van der Waals surface area contributed by atoms with Crippen LogP contribution in [0.3, 0.4) is 0 Å². The molecular weight excluding hydrogens is 277 g/mol. The molecule has 0 radical (unpaired) electrons. The Kier molecular flexibility index (Phi) is 5.26. The second kappa shape index (κ2) is 6.95. The highest BCUT2D eigenvalue weighted by atomic mass is 35.5. The third kappa shape index (κ3) is 3.73. The highest BCUT2D eigenvalue weighted by molar-refractivity contribution is 6.35. The maximum Gasteiger partial charge on any atom is 0.0465 e. The lowest BCUT2D eigenvalue weighted by atomic mass is 10.1. The van der Waals surface area contributed by atoms with Gasteiger partial charge in [-0.3, -0.25) is 0 Å². The summed E-state index contributed by atoms with van der Waals surface area (Å²) in [7, 11) is 0. The molecule has 2 aromatic rings. The van der Waals surface area contributed by atoms with Crippen LogP contribution in [0.15, 0.2) is 42.5 Å². The van der Waals surface area contributed by atoms with Crippen molar-refractivity contribution in [3.8, 4) is 0 Å². The topological polar surface area (TPSA) is 12.0 Å². The van der Waals surface area contributed by atoms with Gasteiger partial charge in [0.25, 0.3) is 0 Å². The highest BCUT2D eigenvalue weighted by Crippen LogP contribution is 2.24. The molecule has 0 aliphatic carbocycles. The summed E-state index contributed by atoms with van der Waals surface area (Å²) >= 11 is 12.3. The van der Waals surface area contributed by atoms with Crippen LogP contribution >= 0.6 is 23.2 Å². The lowest BCUT2D eigenvalue weighted by Crippen LogP contribution is -2.14. The quantitative estimate of drug-likeness (QED) is 0.831. The lowest BCUT2D eigenvalue weighted by molar-refractivity contribution is 0.688. The van der Waals surface area contributed by atoms with Gasteiger partial charge >= 0.3 is 0 Å². The largest absolute Gasteiger partial charge is 0.308 e. The summed E-state index contributed by atoms with van der Waals surface area (Å²) in [4.78, 5) is 0. The summed E-state index contributed by atoms with van der Waals surface area (Å²) in [6.07, 6.45) is 1.05. The molecule has 3 heteroatoms. The molecule has 0 unspecified atom stereocenters. The zero-order valence-electron chi connectivity index (χ0n) is 10.9. The molecule has 0 bridgehead atoms. The van der Waals surface area contributed by atoms with E-state index in [0.29, 0.717) is 16.6 Å². The Morgan fingerprint density at radius 2 is 1.47 bits per heavy atom. The first kappa shape index (κ1) is 14.4. The van der Waals surface area contributed by atoms with Crippen molar-refractivity contribution in [2.24, 2.45) is 0 Å². The summed E-state index contributed by atoms with van der Waals surface area (Å²) in [5, 5.41) is 4.83. The Bertz CT molecular complexity index is 532. The molecule has 1 N–H and O–H groups in total. The molecule has 100 valence electrons. The average molecular weight is 294 g/mol. The van der Waals surface area contributed by atoms with Crippen LogP contribution in [0.5, 0.6) is 0 Å². The minimum atomic E-state index is 0.677. The number of aryl methyl sites for hydroxylation is 1.